The van der Waals surface area contributed by atoms with Crippen molar-refractivity contribution < 1.29 is 0 Å². The van der Waals surface area contributed by atoms with E-state index in [9.17, 15) is 21.0 Å². The van der Waals surface area contributed by atoms with Crippen LogP contribution in [0, 0.1) is 59.2 Å². The maximum atomic E-state index is 11.0. The van der Waals surface area contributed by atoms with Gasteiger partial charge in [0.1, 0.15) is 12.1 Å². The molecule has 2 atom stereocenters. The lowest BCUT2D eigenvalue weighted by atomic mass is 9.86. The average Bonchev–Trinajstić information content (AvgIpc) is 4.10. The van der Waals surface area contributed by atoms with E-state index in [0.717, 1.165) is 99.8 Å². The Balaban J connectivity index is 0.982. The van der Waals surface area contributed by atoms with Crippen LogP contribution in [0.3, 0.4) is 0 Å². The van der Waals surface area contributed by atoms with E-state index >= 15 is 0 Å². The number of hydrogen-bond acceptors (Lipinski definition) is 5. The molecule has 1 aromatic heterocycles. The van der Waals surface area contributed by atoms with Gasteiger partial charge in [-0.1, -0.05) is 188 Å². The molecular formula is C72H46N6. The molecule has 13 rings (SSSR count). The molecule has 0 fully saturated rings. The van der Waals surface area contributed by atoms with E-state index in [2.05, 4.69) is 179 Å². The Morgan fingerprint density at radius 2 is 0.808 bits per heavy atom. The smallest absolute Gasteiger partial charge is 0.101 e. The van der Waals surface area contributed by atoms with Crippen LogP contribution in [0.4, 0.5) is 11.4 Å². The van der Waals surface area contributed by atoms with Crippen molar-refractivity contribution in [1.82, 2.24) is 4.57 Å². The molecule has 0 amide bonds. The molecule has 0 spiro atoms. The van der Waals surface area contributed by atoms with Crippen molar-refractivity contribution in [2.45, 2.75) is 25.8 Å². The number of aromatic nitrogens is 1. The Hall–Kier alpha value is -10.8. The van der Waals surface area contributed by atoms with Crippen LogP contribution in [-0.4, -0.2) is 10.6 Å². The fourth-order valence-corrected chi connectivity index (χ4v) is 12.0. The van der Waals surface area contributed by atoms with Gasteiger partial charge in [0, 0.05) is 33.5 Å². The van der Waals surface area contributed by atoms with Gasteiger partial charge in [0.2, 0.25) is 0 Å². The van der Waals surface area contributed by atoms with Gasteiger partial charge in [-0.3, -0.25) is 0 Å². The summed E-state index contributed by atoms with van der Waals surface area (Å²) in [5.74, 6) is 0.0113. The number of aryl methyl sites for hydroxylation is 2. The third-order valence-corrected chi connectivity index (χ3v) is 15.8. The molecule has 2 aliphatic rings. The van der Waals surface area contributed by atoms with Crippen LogP contribution in [-0.2, 0) is 0 Å². The van der Waals surface area contributed by atoms with Crippen LogP contribution in [0.5, 0.6) is 0 Å². The first-order valence-corrected chi connectivity index (χ1v) is 26.0. The molecule has 0 bridgehead atoms. The second kappa shape index (κ2) is 19.2. The highest BCUT2D eigenvalue weighted by Crippen LogP contribution is 2.52. The minimum Gasteiger partial charge on any atom is -0.332 e. The van der Waals surface area contributed by atoms with Gasteiger partial charge in [0.05, 0.1) is 62.8 Å². The monoisotopic (exact) mass is 994 g/mol. The predicted molar refractivity (Wildman–Crippen MR) is 315 cm³/mol. The Morgan fingerprint density at radius 3 is 1.29 bits per heavy atom. The molecule has 78 heavy (non-hydrogen) atoms. The largest absolute Gasteiger partial charge is 0.332 e. The summed E-state index contributed by atoms with van der Waals surface area (Å²) in [6.07, 6.45) is 6.80. The Morgan fingerprint density at radius 1 is 0.372 bits per heavy atom. The molecule has 1 aliphatic carbocycles. The van der Waals surface area contributed by atoms with E-state index < -0.39 is 0 Å². The van der Waals surface area contributed by atoms with Crippen molar-refractivity contribution in [3.8, 4) is 85.6 Å². The first-order valence-electron chi connectivity index (χ1n) is 26.0. The van der Waals surface area contributed by atoms with Crippen LogP contribution < -0.4 is 4.90 Å². The first kappa shape index (κ1) is 47.0. The van der Waals surface area contributed by atoms with Crippen LogP contribution in [0.15, 0.2) is 231 Å². The summed E-state index contributed by atoms with van der Waals surface area (Å²) in [5.41, 5.74) is 20.4. The number of benzene rings is 10. The second-order valence-electron chi connectivity index (χ2n) is 20.2. The molecule has 0 saturated carbocycles. The second-order valence-corrected chi connectivity index (χ2v) is 20.2. The lowest BCUT2D eigenvalue weighted by Gasteiger charge is -2.31. The van der Waals surface area contributed by atoms with Gasteiger partial charge in [0.15, 0.2) is 0 Å². The highest BCUT2D eigenvalue weighted by atomic mass is 15.2. The Labute approximate surface area is 453 Å². The molecule has 11 aromatic rings. The minimum absolute atomic E-state index is 0.0113. The van der Waals surface area contributed by atoms with E-state index in [-0.39, 0.29) is 12.0 Å². The SMILES string of the molecule is Cc1cc(-c2cc(-n3c4cc(-c5ccccc5)ccc4c4ccc(-c5ccccc5)cc43)c(C#N)cc2C#N)c(C)cc1-c1cc(N2c3cc(-c4ccccc4)ccc3C3C=CC(c4ccccc4)=CC32)c(C#N)cc1C#N. The van der Waals surface area contributed by atoms with Crippen LogP contribution in [0.25, 0.3) is 88.7 Å². The van der Waals surface area contributed by atoms with E-state index in [1.165, 1.54) is 0 Å². The summed E-state index contributed by atoms with van der Waals surface area (Å²) in [7, 11) is 0. The minimum atomic E-state index is -0.163. The molecule has 364 valence electrons. The highest BCUT2D eigenvalue weighted by molar-refractivity contribution is 6.11. The van der Waals surface area contributed by atoms with Crippen molar-refractivity contribution in [2.24, 2.45) is 0 Å². The number of hydrogen-bond donors (Lipinski definition) is 0. The van der Waals surface area contributed by atoms with Gasteiger partial charge in [-0.15, -0.1) is 0 Å². The van der Waals surface area contributed by atoms with E-state index in [1.807, 2.05) is 86.6 Å². The summed E-state index contributed by atoms with van der Waals surface area (Å²) in [6, 6.07) is 82.4. The van der Waals surface area contributed by atoms with Crippen molar-refractivity contribution >= 4 is 38.8 Å². The van der Waals surface area contributed by atoms with Crippen molar-refractivity contribution in [3.05, 3.63) is 275 Å². The molecule has 2 heterocycles. The molecule has 0 N–H and O–H groups in total. The van der Waals surface area contributed by atoms with Gasteiger partial charge in [-0.05, 0) is 129 Å². The van der Waals surface area contributed by atoms with Crippen LogP contribution in [0.2, 0.25) is 0 Å². The number of fused-ring (bicyclic) bond motifs is 6. The molecule has 0 saturated heterocycles. The Bertz CT molecular complexity index is 4400. The summed E-state index contributed by atoms with van der Waals surface area (Å²) in [5, 5.41) is 45.9. The van der Waals surface area contributed by atoms with Gasteiger partial charge in [-0.2, -0.15) is 21.0 Å². The fraction of sp³-hybridized carbons (Fsp3) is 0.0556. The zero-order valence-electron chi connectivity index (χ0n) is 42.8. The zero-order chi connectivity index (χ0) is 53.0. The first-order chi connectivity index (χ1) is 38.3. The molecule has 2 unspecified atom stereocenters. The van der Waals surface area contributed by atoms with Crippen LogP contribution in [0.1, 0.15) is 50.4 Å². The van der Waals surface area contributed by atoms with Crippen molar-refractivity contribution in [1.29, 1.82) is 21.0 Å². The third-order valence-electron chi connectivity index (χ3n) is 15.8. The van der Waals surface area contributed by atoms with Gasteiger partial charge < -0.3 is 9.47 Å². The molecule has 6 nitrogen and oxygen atoms in total. The van der Waals surface area contributed by atoms with Gasteiger partial charge >= 0.3 is 0 Å². The summed E-state index contributed by atoms with van der Waals surface area (Å²) in [4.78, 5) is 2.30. The van der Waals surface area contributed by atoms with Gasteiger partial charge in [0.25, 0.3) is 0 Å². The fourth-order valence-electron chi connectivity index (χ4n) is 12.0. The number of allylic oxidation sites excluding steroid dienone is 2. The molecule has 1 aliphatic heterocycles. The quantitative estimate of drug-likeness (QED) is 0.151. The summed E-state index contributed by atoms with van der Waals surface area (Å²) >= 11 is 0. The molecular weight excluding hydrogens is 949 g/mol. The average molecular weight is 995 g/mol. The molecule has 6 heteroatoms. The van der Waals surface area contributed by atoms with Crippen molar-refractivity contribution in [2.75, 3.05) is 4.90 Å². The normalized spacial score (nSPS) is 14.2. The lowest BCUT2D eigenvalue weighted by Crippen LogP contribution is -2.30. The number of nitriles is 4. The van der Waals surface area contributed by atoms with E-state index in [1.54, 1.807) is 12.1 Å². The standard InChI is InChI=1S/C72H46N6/c1-45-31-64(66-40-68(58(44-76)34-56(66)42-74)78-71-37-53(49-19-11-5-12-20-49)25-29-61(71)62-30-26-54(38-72(62)78)50-21-13-6-14-22-50)46(2)32-63(45)65-39-67(57(43-75)33-55(65)41-73)77-69-35-51(47-15-7-3-8-16-47)23-27-59(69)60-28-24-52(36-70(60)77)48-17-9-4-10-18-48/h3-40,59,69H,1-2H3. The Kier molecular flexibility index (Phi) is 11.6. The lowest BCUT2D eigenvalue weighted by molar-refractivity contribution is 0.747. The maximum absolute atomic E-state index is 11.0. The number of anilines is 2. The number of rotatable bonds is 8. The summed E-state index contributed by atoms with van der Waals surface area (Å²) < 4.78 is 2.19. The maximum Gasteiger partial charge on any atom is 0.101 e. The molecule has 10 aromatic carbocycles. The summed E-state index contributed by atoms with van der Waals surface area (Å²) in [6.45, 7) is 4.06. The van der Waals surface area contributed by atoms with Gasteiger partial charge in [-0.25, -0.2) is 0 Å². The predicted octanol–water partition coefficient (Wildman–Crippen LogP) is 17.5. The highest BCUT2D eigenvalue weighted by Gasteiger charge is 2.40. The van der Waals surface area contributed by atoms with E-state index in [0.29, 0.717) is 44.8 Å². The third kappa shape index (κ3) is 7.85. The molecule has 0 radical (unpaired) electrons. The number of nitrogens with zero attached hydrogens (tertiary/aromatic N) is 6. The van der Waals surface area contributed by atoms with Crippen LogP contribution >= 0.6 is 0 Å². The topological polar surface area (TPSA) is 103 Å². The van der Waals surface area contributed by atoms with Crippen molar-refractivity contribution in [3.63, 3.8) is 0 Å². The zero-order valence-corrected chi connectivity index (χ0v) is 42.8. The van der Waals surface area contributed by atoms with E-state index in [4.69, 9.17) is 0 Å².